The average Bonchev–Trinajstić information content (AvgIpc) is 1.99. The third-order valence-corrected chi connectivity index (χ3v) is 1.97. The normalized spacial score (nSPS) is 10.6. The number of hydrogen-bond donors (Lipinski definition) is 3. The molecule has 0 aliphatic rings. The van der Waals surface area contributed by atoms with Crippen LogP contribution in [0.25, 0.3) is 0 Å². The zero-order valence-electron chi connectivity index (χ0n) is 8.79. The van der Waals surface area contributed by atoms with Crippen LogP contribution in [0, 0.1) is 0 Å². The zero-order chi connectivity index (χ0) is 10.7. The third kappa shape index (κ3) is 24.5. The molecule has 0 unspecified atom stereocenters. The highest BCUT2D eigenvalue weighted by Crippen LogP contribution is 1.95. The maximum atomic E-state index is 8.05. The van der Waals surface area contributed by atoms with Crippen molar-refractivity contribution in [3.63, 3.8) is 0 Å². The second-order valence-corrected chi connectivity index (χ2v) is 4.15. The van der Waals surface area contributed by atoms with Crippen molar-refractivity contribution < 1.29 is 18.8 Å². The fourth-order valence-corrected chi connectivity index (χ4v) is 1.08. The minimum Gasteiger partial charge on any atom is -0.368 e. The van der Waals surface area contributed by atoms with Gasteiger partial charge in [-0.2, -0.15) is 0 Å². The van der Waals surface area contributed by atoms with Gasteiger partial charge in [-0.25, -0.2) is 0 Å². The van der Waals surface area contributed by atoms with Crippen LogP contribution in [0.2, 0.25) is 0 Å². The molecule has 13 heavy (non-hydrogen) atoms. The molecule has 3 N–H and O–H groups in total. The summed E-state index contributed by atoms with van der Waals surface area (Å²) in [6.07, 6.45) is 5.54. The molecule has 0 bridgehead atoms. The highest BCUT2D eigenvalue weighted by Gasteiger charge is 2.28. The topological polar surface area (TPSA) is 69.9 Å². The molecule has 0 rings (SSSR count). The minimum atomic E-state index is -4.16. The van der Waals surface area contributed by atoms with Gasteiger partial charge in [0.05, 0.1) is 0 Å². The lowest BCUT2D eigenvalue weighted by Gasteiger charge is -2.05. The Morgan fingerprint density at radius 3 is 1.38 bits per heavy atom. The lowest BCUT2D eigenvalue weighted by Crippen LogP contribution is -2.38. The van der Waals surface area contributed by atoms with Gasteiger partial charge >= 0.3 is 9.05 Å². The highest BCUT2D eigenvalue weighted by atomic mass is 28.4. The first-order valence-electron chi connectivity index (χ1n) is 4.78. The molecule has 82 valence electrons. The first-order valence-corrected chi connectivity index (χ1v) is 6.53. The first-order chi connectivity index (χ1) is 5.97. The summed E-state index contributed by atoms with van der Waals surface area (Å²) in [5.41, 5.74) is 0. The number of unbranched alkanes of at least 4 members (excludes halogenated alkanes) is 3. The molecule has 0 saturated heterocycles. The van der Waals surface area contributed by atoms with Crippen LogP contribution in [-0.2, 0) is 4.43 Å². The standard InChI is InChI=1S/C6H14.C2H8O4Si/c1-3-5-6-4-2;1-2-6-7(3,4)5/h3-6H2,1-2H3;3-5H,2H2,1H3. The van der Waals surface area contributed by atoms with Crippen molar-refractivity contribution in [2.75, 3.05) is 6.61 Å². The molecule has 0 fully saturated rings. The summed E-state index contributed by atoms with van der Waals surface area (Å²) in [5, 5.41) is 0. The van der Waals surface area contributed by atoms with Crippen LogP contribution < -0.4 is 0 Å². The highest BCUT2D eigenvalue weighted by molar-refractivity contribution is 6.48. The quantitative estimate of drug-likeness (QED) is 0.468. The Labute approximate surface area is 81.7 Å². The molecule has 0 aromatic heterocycles. The van der Waals surface area contributed by atoms with E-state index >= 15 is 0 Å². The Kier molecular flexibility index (Phi) is 12.1. The van der Waals surface area contributed by atoms with Crippen molar-refractivity contribution in [3.8, 4) is 0 Å². The molecular formula is C8H22O4Si. The maximum absolute atomic E-state index is 8.05. The lowest BCUT2D eigenvalue weighted by molar-refractivity contribution is 0.0687. The third-order valence-electron chi connectivity index (χ3n) is 1.30. The van der Waals surface area contributed by atoms with E-state index in [1.54, 1.807) is 6.92 Å². The summed E-state index contributed by atoms with van der Waals surface area (Å²) in [6.45, 7) is 6.14. The smallest absolute Gasteiger partial charge is 0.368 e. The monoisotopic (exact) mass is 210 g/mol. The van der Waals surface area contributed by atoms with E-state index in [0.717, 1.165) is 0 Å². The van der Waals surface area contributed by atoms with Crippen molar-refractivity contribution >= 4 is 9.05 Å². The van der Waals surface area contributed by atoms with Crippen LogP contribution in [0.4, 0.5) is 0 Å². The fraction of sp³-hybridized carbons (Fsp3) is 1.00. The van der Waals surface area contributed by atoms with E-state index in [2.05, 4.69) is 18.3 Å². The average molecular weight is 210 g/mol. The van der Waals surface area contributed by atoms with Gasteiger partial charge < -0.3 is 18.8 Å². The summed E-state index contributed by atoms with van der Waals surface area (Å²) in [6, 6.07) is 0. The van der Waals surface area contributed by atoms with E-state index in [4.69, 9.17) is 14.4 Å². The number of hydrogen-bond acceptors (Lipinski definition) is 4. The van der Waals surface area contributed by atoms with Gasteiger partial charge in [0.1, 0.15) is 0 Å². The number of rotatable bonds is 5. The predicted molar refractivity (Wildman–Crippen MR) is 53.9 cm³/mol. The largest absolute Gasteiger partial charge is 0.671 e. The van der Waals surface area contributed by atoms with Gasteiger partial charge in [0.25, 0.3) is 0 Å². The van der Waals surface area contributed by atoms with Gasteiger partial charge in [0.15, 0.2) is 0 Å². The Balaban J connectivity index is 0. The molecule has 0 radical (unpaired) electrons. The second kappa shape index (κ2) is 10.1. The minimum absolute atomic E-state index is 0.121. The van der Waals surface area contributed by atoms with Gasteiger partial charge in [0, 0.05) is 6.61 Å². The van der Waals surface area contributed by atoms with Crippen molar-refractivity contribution in [1.29, 1.82) is 0 Å². The Hall–Kier alpha value is 0.0569. The molecular weight excluding hydrogens is 188 g/mol. The lowest BCUT2D eigenvalue weighted by atomic mass is 10.2. The van der Waals surface area contributed by atoms with Gasteiger partial charge in [-0.15, -0.1) is 0 Å². The van der Waals surface area contributed by atoms with Crippen LogP contribution in [-0.4, -0.2) is 30.0 Å². The molecule has 0 spiro atoms. The van der Waals surface area contributed by atoms with Crippen LogP contribution in [0.1, 0.15) is 46.5 Å². The molecule has 5 heteroatoms. The van der Waals surface area contributed by atoms with E-state index in [0.29, 0.717) is 0 Å². The Morgan fingerprint density at radius 2 is 1.31 bits per heavy atom. The summed E-state index contributed by atoms with van der Waals surface area (Å²) < 4.78 is 4.03. The molecule has 0 aromatic rings. The Morgan fingerprint density at radius 1 is 0.923 bits per heavy atom. The predicted octanol–water partition coefficient (Wildman–Crippen LogP) is 1.02. The van der Waals surface area contributed by atoms with Crippen LogP contribution in [0.3, 0.4) is 0 Å². The summed E-state index contributed by atoms with van der Waals surface area (Å²) in [4.78, 5) is 24.1. The van der Waals surface area contributed by atoms with Crippen LogP contribution in [0.15, 0.2) is 0 Å². The van der Waals surface area contributed by atoms with E-state index in [1.165, 1.54) is 25.7 Å². The summed E-state index contributed by atoms with van der Waals surface area (Å²) in [5.74, 6) is 0. The molecule has 0 atom stereocenters. The maximum Gasteiger partial charge on any atom is 0.671 e. The molecule has 0 amide bonds. The first kappa shape index (κ1) is 15.5. The van der Waals surface area contributed by atoms with Gasteiger partial charge in [-0.1, -0.05) is 39.5 Å². The van der Waals surface area contributed by atoms with Crippen LogP contribution in [0.5, 0.6) is 0 Å². The fourth-order valence-electron chi connectivity index (χ4n) is 0.694. The van der Waals surface area contributed by atoms with Crippen molar-refractivity contribution in [2.45, 2.75) is 46.5 Å². The SMILES string of the molecule is CCCCCC.CCO[Si](O)(O)O. The molecule has 4 nitrogen and oxygen atoms in total. The molecule has 0 saturated carbocycles. The van der Waals surface area contributed by atoms with Crippen LogP contribution >= 0.6 is 0 Å². The van der Waals surface area contributed by atoms with Gasteiger partial charge in [0.2, 0.25) is 0 Å². The molecule has 0 heterocycles. The van der Waals surface area contributed by atoms with E-state index < -0.39 is 9.05 Å². The second-order valence-electron chi connectivity index (χ2n) is 2.71. The van der Waals surface area contributed by atoms with Crippen molar-refractivity contribution in [1.82, 2.24) is 0 Å². The van der Waals surface area contributed by atoms with Gasteiger partial charge in [-0.05, 0) is 6.92 Å². The molecule has 0 aliphatic carbocycles. The molecule has 0 aromatic carbocycles. The summed E-state index contributed by atoms with van der Waals surface area (Å²) >= 11 is 0. The molecule has 0 aliphatic heterocycles. The van der Waals surface area contributed by atoms with Gasteiger partial charge in [-0.3, -0.25) is 0 Å². The van der Waals surface area contributed by atoms with E-state index in [9.17, 15) is 0 Å². The van der Waals surface area contributed by atoms with E-state index in [-0.39, 0.29) is 6.61 Å². The van der Waals surface area contributed by atoms with E-state index in [1.807, 2.05) is 0 Å². The van der Waals surface area contributed by atoms with Crippen molar-refractivity contribution in [3.05, 3.63) is 0 Å². The van der Waals surface area contributed by atoms with Crippen molar-refractivity contribution in [2.24, 2.45) is 0 Å². The summed E-state index contributed by atoms with van der Waals surface area (Å²) in [7, 11) is -4.16. The zero-order valence-corrected chi connectivity index (χ0v) is 9.79. The Bertz CT molecular complexity index is 88.6.